The number of aliphatic hydroxyl groups excluding tert-OH is 2. The SMILES string of the molecule is CCC[C@@H]1OO[C@H](CCC)[C@@H](O)[C@H]1O. The third-order valence-electron chi connectivity index (χ3n) is 2.56. The third kappa shape index (κ3) is 2.67. The second kappa shape index (κ2) is 5.66. The van der Waals surface area contributed by atoms with Crippen molar-refractivity contribution < 1.29 is 20.0 Å². The summed E-state index contributed by atoms with van der Waals surface area (Å²) in [5.41, 5.74) is 0. The van der Waals surface area contributed by atoms with Crippen LogP contribution in [-0.4, -0.2) is 34.6 Å². The Balaban J connectivity index is 2.46. The van der Waals surface area contributed by atoms with E-state index in [2.05, 4.69) is 0 Å². The van der Waals surface area contributed by atoms with Crippen LogP contribution in [0.3, 0.4) is 0 Å². The van der Waals surface area contributed by atoms with Crippen molar-refractivity contribution >= 4 is 0 Å². The molecule has 2 N–H and O–H groups in total. The fraction of sp³-hybridized carbons (Fsp3) is 1.00. The van der Waals surface area contributed by atoms with Crippen molar-refractivity contribution in [3.05, 3.63) is 0 Å². The molecule has 0 aromatic rings. The molecule has 0 bridgehead atoms. The molecule has 0 aromatic heterocycles. The molecule has 84 valence electrons. The van der Waals surface area contributed by atoms with E-state index in [0.717, 1.165) is 12.8 Å². The molecule has 4 nitrogen and oxygen atoms in total. The predicted octanol–water partition coefficient (Wildman–Crippen LogP) is 1.01. The molecule has 0 radical (unpaired) electrons. The van der Waals surface area contributed by atoms with E-state index in [1.807, 2.05) is 13.8 Å². The Morgan fingerprint density at radius 1 is 0.857 bits per heavy atom. The van der Waals surface area contributed by atoms with E-state index in [1.54, 1.807) is 0 Å². The molecule has 1 saturated heterocycles. The summed E-state index contributed by atoms with van der Waals surface area (Å²) in [7, 11) is 0. The first-order valence-electron chi connectivity index (χ1n) is 5.39. The van der Waals surface area contributed by atoms with Gasteiger partial charge in [-0.1, -0.05) is 26.7 Å². The normalized spacial score (nSPS) is 38.6. The zero-order valence-electron chi connectivity index (χ0n) is 8.85. The molecule has 14 heavy (non-hydrogen) atoms. The van der Waals surface area contributed by atoms with E-state index in [4.69, 9.17) is 9.78 Å². The van der Waals surface area contributed by atoms with Crippen LogP contribution in [0.1, 0.15) is 39.5 Å². The van der Waals surface area contributed by atoms with Crippen molar-refractivity contribution in [3.63, 3.8) is 0 Å². The zero-order chi connectivity index (χ0) is 10.6. The summed E-state index contributed by atoms with van der Waals surface area (Å²) in [6.45, 7) is 4.00. The molecular formula is C10H20O4. The van der Waals surface area contributed by atoms with Gasteiger partial charge in [0.2, 0.25) is 0 Å². The van der Waals surface area contributed by atoms with Crippen LogP contribution >= 0.6 is 0 Å². The minimum Gasteiger partial charge on any atom is -0.387 e. The molecule has 1 rings (SSSR count). The smallest absolute Gasteiger partial charge is 0.121 e. The van der Waals surface area contributed by atoms with Crippen LogP contribution < -0.4 is 0 Å². The highest BCUT2D eigenvalue weighted by atomic mass is 17.2. The van der Waals surface area contributed by atoms with Gasteiger partial charge in [0.25, 0.3) is 0 Å². The molecule has 1 aliphatic heterocycles. The first-order chi connectivity index (χ1) is 6.70. The molecule has 4 atom stereocenters. The van der Waals surface area contributed by atoms with Gasteiger partial charge in [-0.15, -0.1) is 0 Å². The molecule has 0 aliphatic carbocycles. The van der Waals surface area contributed by atoms with Crippen molar-refractivity contribution in [1.29, 1.82) is 0 Å². The topological polar surface area (TPSA) is 58.9 Å². The summed E-state index contributed by atoms with van der Waals surface area (Å²) in [4.78, 5) is 10.1. The van der Waals surface area contributed by atoms with Gasteiger partial charge in [-0.05, 0) is 12.8 Å². The zero-order valence-corrected chi connectivity index (χ0v) is 8.85. The lowest BCUT2D eigenvalue weighted by atomic mass is 9.97. The first-order valence-corrected chi connectivity index (χ1v) is 5.39. The Kier molecular flexibility index (Phi) is 4.81. The minimum absolute atomic E-state index is 0.386. The number of hydrogen-bond donors (Lipinski definition) is 2. The van der Waals surface area contributed by atoms with Crippen molar-refractivity contribution in [3.8, 4) is 0 Å². The largest absolute Gasteiger partial charge is 0.387 e. The van der Waals surface area contributed by atoms with Crippen molar-refractivity contribution in [2.24, 2.45) is 0 Å². The Labute approximate surface area is 84.8 Å². The standard InChI is InChI=1S/C10H20O4/c1-3-5-7-9(11)10(12)8(6-4-2)14-13-7/h7-12H,3-6H2,1-2H3/t7-,8+,9-,10+. The lowest BCUT2D eigenvalue weighted by Gasteiger charge is -2.36. The van der Waals surface area contributed by atoms with Gasteiger partial charge >= 0.3 is 0 Å². The predicted molar refractivity (Wildman–Crippen MR) is 51.6 cm³/mol. The van der Waals surface area contributed by atoms with E-state index in [-0.39, 0.29) is 12.2 Å². The van der Waals surface area contributed by atoms with Gasteiger partial charge in [0.15, 0.2) is 0 Å². The van der Waals surface area contributed by atoms with Crippen LogP contribution in [0, 0.1) is 0 Å². The first kappa shape index (κ1) is 11.9. The average molecular weight is 204 g/mol. The highest BCUT2D eigenvalue weighted by Crippen LogP contribution is 2.23. The van der Waals surface area contributed by atoms with Crippen molar-refractivity contribution in [1.82, 2.24) is 0 Å². The Morgan fingerprint density at radius 2 is 1.21 bits per heavy atom. The molecule has 1 heterocycles. The van der Waals surface area contributed by atoms with E-state index in [1.165, 1.54) is 0 Å². The molecule has 0 amide bonds. The lowest BCUT2D eigenvalue weighted by molar-refractivity contribution is -0.413. The Bertz CT molecular complexity index is 144. The fourth-order valence-corrected chi connectivity index (χ4v) is 1.70. The number of rotatable bonds is 4. The van der Waals surface area contributed by atoms with Crippen molar-refractivity contribution in [2.75, 3.05) is 0 Å². The van der Waals surface area contributed by atoms with E-state index >= 15 is 0 Å². The lowest BCUT2D eigenvalue weighted by Crippen LogP contribution is -2.51. The maximum atomic E-state index is 9.71. The average Bonchev–Trinajstić information content (AvgIpc) is 2.18. The molecule has 4 heteroatoms. The van der Waals surface area contributed by atoms with Gasteiger partial charge in [-0.3, -0.25) is 0 Å². The van der Waals surface area contributed by atoms with Gasteiger partial charge in [-0.2, -0.15) is 0 Å². The van der Waals surface area contributed by atoms with Crippen LogP contribution in [0.15, 0.2) is 0 Å². The minimum atomic E-state index is -0.819. The maximum Gasteiger partial charge on any atom is 0.121 e. The van der Waals surface area contributed by atoms with Gasteiger partial charge in [0.1, 0.15) is 24.4 Å². The van der Waals surface area contributed by atoms with Crippen LogP contribution in [0.2, 0.25) is 0 Å². The van der Waals surface area contributed by atoms with E-state index in [9.17, 15) is 10.2 Å². The van der Waals surface area contributed by atoms with Crippen LogP contribution in [0.25, 0.3) is 0 Å². The molecule has 0 saturated carbocycles. The van der Waals surface area contributed by atoms with Gasteiger partial charge in [0, 0.05) is 0 Å². The Hall–Kier alpha value is -0.160. The molecule has 0 aromatic carbocycles. The fourth-order valence-electron chi connectivity index (χ4n) is 1.70. The van der Waals surface area contributed by atoms with Gasteiger partial charge in [0.05, 0.1) is 0 Å². The summed E-state index contributed by atoms with van der Waals surface area (Å²) in [5, 5.41) is 19.4. The number of aliphatic hydroxyl groups is 2. The third-order valence-corrected chi connectivity index (χ3v) is 2.56. The van der Waals surface area contributed by atoms with Crippen LogP contribution in [0.4, 0.5) is 0 Å². The molecule has 0 spiro atoms. The maximum absolute atomic E-state index is 9.71. The second-order valence-corrected chi connectivity index (χ2v) is 3.83. The summed E-state index contributed by atoms with van der Waals surface area (Å²) >= 11 is 0. The highest BCUT2D eigenvalue weighted by Gasteiger charge is 2.38. The van der Waals surface area contributed by atoms with Crippen LogP contribution in [-0.2, 0) is 9.78 Å². The van der Waals surface area contributed by atoms with E-state index in [0.29, 0.717) is 12.8 Å². The molecular weight excluding hydrogens is 184 g/mol. The van der Waals surface area contributed by atoms with E-state index < -0.39 is 12.2 Å². The van der Waals surface area contributed by atoms with Gasteiger partial charge in [-0.25, -0.2) is 9.78 Å². The molecule has 1 aliphatic rings. The Morgan fingerprint density at radius 3 is 1.50 bits per heavy atom. The number of hydrogen-bond acceptors (Lipinski definition) is 4. The van der Waals surface area contributed by atoms with Gasteiger partial charge < -0.3 is 10.2 Å². The highest BCUT2D eigenvalue weighted by molar-refractivity contribution is 4.84. The molecule has 0 unspecified atom stereocenters. The quantitative estimate of drug-likeness (QED) is 0.671. The monoisotopic (exact) mass is 204 g/mol. The summed E-state index contributed by atoms with van der Waals surface area (Å²) < 4.78 is 0. The van der Waals surface area contributed by atoms with Crippen LogP contribution in [0.5, 0.6) is 0 Å². The second-order valence-electron chi connectivity index (χ2n) is 3.83. The molecule has 1 fully saturated rings. The van der Waals surface area contributed by atoms with Crippen molar-refractivity contribution in [2.45, 2.75) is 63.9 Å². The summed E-state index contributed by atoms with van der Waals surface area (Å²) in [6.07, 6.45) is 0.799. The summed E-state index contributed by atoms with van der Waals surface area (Å²) in [5.74, 6) is 0. The summed E-state index contributed by atoms with van der Waals surface area (Å²) in [6, 6.07) is 0.